The number of rotatable bonds is 4. The second-order valence-electron chi connectivity index (χ2n) is 4.48. The topological polar surface area (TPSA) is 34.4 Å². The molecule has 0 aliphatic carbocycles. The van der Waals surface area contributed by atoms with Gasteiger partial charge in [0.25, 0.3) is 0 Å². The fraction of sp³-hybridized carbons (Fsp3) is 0.333. The lowest BCUT2D eigenvalue weighted by Crippen LogP contribution is -2.18. The van der Waals surface area contributed by atoms with Crippen molar-refractivity contribution in [2.45, 2.75) is 19.9 Å². The summed E-state index contributed by atoms with van der Waals surface area (Å²) < 4.78 is 12.1. The molecule has 0 amide bonds. The summed E-state index contributed by atoms with van der Waals surface area (Å²) in [6, 6.07) is 8.18. The van der Waals surface area contributed by atoms with Gasteiger partial charge in [0.05, 0.1) is 13.2 Å². The summed E-state index contributed by atoms with van der Waals surface area (Å²) in [4.78, 5) is 0. The summed E-state index contributed by atoms with van der Waals surface area (Å²) in [6.07, 6.45) is 0. The van der Waals surface area contributed by atoms with E-state index >= 15 is 0 Å². The van der Waals surface area contributed by atoms with Crippen LogP contribution >= 0.6 is 15.9 Å². The molecule has 1 atom stereocenters. The molecule has 0 radical (unpaired) electrons. The van der Waals surface area contributed by atoms with Crippen molar-refractivity contribution in [3.63, 3.8) is 0 Å². The van der Waals surface area contributed by atoms with Crippen molar-refractivity contribution < 1.29 is 9.15 Å². The average molecular weight is 324 g/mol. The van der Waals surface area contributed by atoms with Crippen LogP contribution in [-0.4, -0.2) is 14.2 Å². The van der Waals surface area contributed by atoms with Crippen LogP contribution in [0.3, 0.4) is 0 Å². The zero-order chi connectivity index (χ0) is 14.0. The zero-order valence-corrected chi connectivity index (χ0v) is 13.2. The van der Waals surface area contributed by atoms with E-state index in [1.807, 2.05) is 33.0 Å². The molecule has 2 aromatic rings. The smallest absolute Gasteiger partial charge is 0.125 e. The Balaban J connectivity index is 2.50. The Morgan fingerprint density at radius 1 is 1.21 bits per heavy atom. The Morgan fingerprint density at radius 2 is 1.95 bits per heavy atom. The van der Waals surface area contributed by atoms with E-state index in [9.17, 15) is 0 Å². The Kier molecular flexibility index (Phi) is 4.32. The standard InChI is InChI=1S/C15H18BrNO2/c1-9-7-13(10(2)19-9)15(17-3)12-6-5-11(16)8-14(12)18-4/h5-8,15,17H,1-4H3. The number of halogens is 1. The summed E-state index contributed by atoms with van der Waals surface area (Å²) in [5.74, 6) is 2.71. The molecular weight excluding hydrogens is 306 g/mol. The fourth-order valence-electron chi connectivity index (χ4n) is 2.34. The summed E-state index contributed by atoms with van der Waals surface area (Å²) in [6.45, 7) is 3.94. The third kappa shape index (κ3) is 2.85. The Morgan fingerprint density at radius 3 is 2.47 bits per heavy atom. The van der Waals surface area contributed by atoms with E-state index in [-0.39, 0.29) is 6.04 Å². The van der Waals surface area contributed by atoms with E-state index in [2.05, 4.69) is 33.4 Å². The number of furan rings is 1. The van der Waals surface area contributed by atoms with Crippen LogP contribution in [0, 0.1) is 13.8 Å². The third-order valence-corrected chi connectivity index (χ3v) is 3.68. The Bertz CT molecular complexity index is 578. The SMILES string of the molecule is CNC(c1ccc(Br)cc1OC)c1cc(C)oc1C. The molecule has 102 valence electrons. The van der Waals surface area contributed by atoms with E-state index < -0.39 is 0 Å². The van der Waals surface area contributed by atoms with Crippen LogP contribution in [0.4, 0.5) is 0 Å². The second-order valence-corrected chi connectivity index (χ2v) is 5.39. The van der Waals surface area contributed by atoms with Gasteiger partial charge in [-0.05, 0) is 39.1 Å². The van der Waals surface area contributed by atoms with Gasteiger partial charge in [0.1, 0.15) is 17.3 Å². The summed E-state index contributed by atoms with van der Waals surface area (Å²) in [5.41, 5.74) is 2.23. The van der Waals surface area contributed by atoms with E-state index in [0.29, 0.717) is 0 Å². The molecule has 0 saturated heterocycles. The maximum absolute atomic E-state index is 5.63. The van der Waals surface area contributed by atoms with Crippen molar-refractivity contribution in [1.82, 2.24) is 5.32 Å². The molecule has 1 unspecified atom stereocenters. The zero-order valence-electron chi connectivity index (χ0n) is 11.6. The summed E-state index contributed by atoms with van der Waals surface area (Å²) >= 11 is 3.46. The van der Waals surface area contributed by atoms with Gasteiger partial charge in [0.2, 0.25) is 0 Å². The number of aryl methyl sites for hydroxylation is 2. The van der Waals surface area contributed by atoms with Gasteiger partial charge < -0.3 is 14.5 Å². The van der Waals surface area contributed by atoms with Crippen molar-refractivity contribution in [3.05, 3.63) is 51.4 Å². The molecule has 1 heterocycles. The molecule has 0 aliphatic rings. The van der Waals surface area contributed by atoms with Crippen LogP contribution < -0.4 is 10.1 Å². The van der Waals surface area contributed by atoms with Gasteiger partial charge in [-0.1, -0.05) is 22.0 Å². The maximum Gasteiger partial charge on any atom is 0.125 e. The minimum absolute atomic E-state index is 0.0560. The lowest BCUT2D eigenvalue weighted by Gasteiger charge is -2.19. The van der Waals surface area contributed by atoms with Gasteiger partial charge in [-0.2, -0.15) is 0 Å². The molecule has 0 spiro atoms. The van der Waals surface area contributed by atoms with Crippen molar-refractivity contribution in [3.8, 4) is 5.75 Å². The predicted octanol–water partition coefficient (Wildman–Crippen LogP) is 3.98. The van der Waals surface area contributed by atoms with Gasteiger partial charge >= 0.3 is 0 Å². The van der Waals surface area contributed by atoms with Gasteiger partial charge in [-0.15, -0.1) is 0 Å². The van der Waals surface area contributed by atoms with Crippen LogP contribution in [0.1, 0.15) is 28.7 Å². The molecule has 4 heteroatoms. The molecule has 19 heavy (non-hydrogen) atoms. The van der Waals surface area contributed by atoms with Gasteiger partial charge in [0, 0.05) is 15.6 Å². The molecule has 1 aromatic heterocycles. The van der Waals surface area contributed by atoms with Crippen LogP contribution in [0.5, 0.6) is 5.75 Å². The number of hydrogen-bond acceptors (Lipinski definition) is 3. The average Bonchev–Trinajstić information content (AvgIpc) is 2.71. The molecule has 0 fully saturated rings. The van der Waals surface area contributed by atoms with Crippen LogP contribution in [0.15, 0.2) is 33.2 Å². The first-order valence-corrected chi connectivity index (χ1v) is 6.93. The van der Waals surface area contributed by atoms with Crippen LogP contribution in [0.25, 0.3) is 0 Å². The van der Waals surface area contributed by atoms with E-state index in [0.717, 1.165) is 32.9 Å². The largest absolute Gasteiger partial charge is 0.496 e. The molecular formula is C15H18BrNO2. The summed E-state index contributed by atoms with van der Waals surface area (Å²) in [5, 5.41) is 3.33. The number of nitrogens with one attached hydrogen (secondary N) is 1. The highest BCUT2D eigenvalue weighted by Gasteiger charge is 2.20. The van der Waals surface area contributed by atoms with Crippen molar-refractivity contribution >= 4 is 15.9 Å². The molecule has 1 aromatic carbocycles. The maximum atomic E-state index is 5.63. The molecule has 0 bridgehead atoms. The minimum Gasteiger partial charge on any atom is -0.496 e. The number of ether oxygens (including phenoxy) is 1. The van der Waals surface area contributed by atoms with Gasteiger partial charge in [0.15, 0.2) is 0 Å². The monoisotopic (exact) mass is 323 g/mol. The second kappa shape index (κ2) is 5.80. The Hall–Kier alpha value is -1.26. The van der Waals surface area contributed by atoms with Crippen LogP contribution in [-0.2, 0) is 0 Å². The van der Waals surface area contributed by atoms with E-state index in [4.69, 9.17) is 9.15 Å². The lowest BCUT2D eigenvalue weighted by molar-refractivity contribution is 0.404. The van der Waals surface area contributed by atoms with Gasteiger partial charge in [-0.3, -0.25) is 0 Å². The third-order valence-electron chi connectivity index (χ3n) is 3.19. The van der Waals surface area contributed by atoms with Crippen molar-refractivity contribution in [2.24, 2.45) is 0 Å². The Labute approximate surface area is 122 Å². The highest BCUT2D eigenvalue weighted by molar-refractivity contribution is 9.10. The molecule has 3 nitrogen and oxygen atoms in total. The molecule has 1 N–H and O–H groups in total. The number of methoxy groups -OCH3 is 1. The number of benzene rings is 1. The summed E-state index contributed by atoms with van der Waals surface area (Å²) in [7, 11) is 3.62. The minimum atomic E-state index is 0.0560. The first-order valence-electron chi connectivity index (χ1n) is 6.14. The highest BCUT2D eigenvalue weighted by Crippen LogP contribution is 2.34. The quantitative estimate of drug-likeness (QED) is 0.924. The van der Waals surface area contributed by atoms with Gasteiger partial charge in [-0.25, -0.2) is 0 Å². The highest BCUT2D eigenvalue weighted by atomic mass is 79.9. The van der Waals surface area contributed by atoms with E-state index in [1.165, 1.54) is 0 Å². The van der Waals surface area contributed by atoms with Crippen molar-refractivity contribution in [1.29, 1.82) is 0 Å². The normalized spacial score (nSPS) is 12.5. The molecule has 0 saturated carbocycles. The predicted molar refractivity (Wildman–Crippen MR) is 79.8 cm³/mol. The van der Waals surface area contributed by atoms with E-state index in [1.54, 1.807) is 7.11 Å². The molecule has 2 rings (SSSR count). The fourth-order valence-corrected chi connectivity index (χ4v) is 2.68. The first-order chi connectivity index (χ1) is 9.06. The molecule has 0 aliphatic heterocycles. The number of hydrogen-bond donors (Lipinski definition) is 1. The first kappa shape index (κ1) is 14.2. The van der Waals surface area contributed by atoms with Crippen molar-refractivity contribution in [2.75, 3.05) is 14.2 Å². The lowest BCUT2D eigenvalue weighted by atomic mass is 9.98. The van der Waals surface area contributed by atoms with Crippen LogP contribution in [0.2, 0.25) is 0 Å².